The van der Waals surface area contributed by atoms with E-state index in [-0.39, 0.29) is 18.2 Å². The Labute approximate surface area is 101 Å². The highest BCUT2D eigenvalue weighted by Gasteiger charge is 2.15. The molecule has 1 aromatic carbocycles. The Kier molecular flexibility index (Phi) is 4.90. The van der Waals surface area contributed by atoms with Gasteiger partial charge < -0.3 is 0 Å². The minimum atomic E-state index is -0.194. The average Bonchev–Trinajstić information content (AvgIpc) is 2.22. The molecule has 0 aliphatic carbocycles. The third-order valence-corrected chi connectivity index (χ3v) is 2.71. The molecule has 0 aromatic heterocycles. The normalized spacial score (nSPS) is 16.9. The van der Waals surface area contributed by atoms with E-state index in [4.69, 9.17) is 0 Å². The quantitative estimate of drug-likeness (QED) is 0.795. The summed E-state index contributed by atoms with van der Waals surface area (Å²) in [6.45, 7) is 2.34. The molecule has 1 aromatic rings. The lowest BCUT2D eigenvalue weighted by Crippen LogP contribution is -2.33. The van der Waals surface area contributed by atoms with Crippen molar-refractivity contribution in [1.82, 2.24) is 4.90 Å². The molecule has 0 unspecified atom stereocenters. The van der Waals surface area contributed by atoms with Crippen LogP contribution < -0.4 is 0 Å². The van der Waals surface area contributed by atoms with Gasteiger partial charge in [0.05, 0.1) is 0 Å². The zero-order chi connectivity index (χ0) is 10.7. The lowest BCUT2D eigenvalue weighted by Gasteiger charge is -2.25. The first-order valence-corrected chi connectivity index (χ1v) is 5.22. The summed E-state index contributed by atoms with van der Waals surface area (Å²) in [5.41, 5.74) is 0.976. The van der Waals surface area contributed by atoms with Gasteiger partial charge in [-0.1, -0.05) is 12.1 Å². The van der Waals surface area contributed by atoms with Gasteiger partial charge in [-0.25, -0.2) is 4.39 Å². The van der Waals surface area contributed by atoms with Gasteiger partial charge in [-0.2, -0.15) is 0 Å². The predicted octanol–water partition coefficient (Wildman–Crippen LogP) is 2.41. The van der Waals surface area contributed by atoms with Crippen LogP contribution in [0.1, 0.15) is 18.4 Å². The molecule has 0 amide bonds. The van der Waals surface area contributed by atoms with E-state index in [1.165, 1.54) is 6.07 Å². The topological polar surface area (TPSA) is 20.3 Å². The number of likely N-dealkylation sites (tertiary alicyclic amines) is 1. The molecule has 1 saturated heterocycles. The van der Waals surface area contributed by atoms with Gasteiger partial charge in [0.2, 0.25) is 0 Å². The summed E-state index contributed by atoms with van der Waals surface area (Å²) in [6, 6.07) is 6.64. The second-order valence-corrected chi connectivity index (χ2v) is 3.94. The van der Waals surface area contributed by atoms with Crippen LogP contribution in [0, 0.1) is 5.82 Å². The van der Waals surface area contributed by atoms with Crippen molar-refractivity contribution in [2.75, 3.05) is 13.1 Å². The lowest BCUT2D eigenvalue weighted by atomic mass is 10.1. The number of carbonyl (C=O) groups excluding carboxylic acids is 1. The van der Waals surface area contributed by atoms with Crippen molar-refractivity contribution in [2.45, 2.75) is 19.4 Å². The third-order valence-electron chi connectivity index (χ3n) is 2.71. The van der Waals surface area contributed by atoms with Gasteiger partial charge in [0, 0.05) is 32.5 Å². The van der Waals surface area contributed by atoms with Gasteiger partial charge >= 0.3 is 0 Å². The summed E-state index contributed by atoms with van der Waals surface area (Å²) in [5, 5.41) is 0. The Hall–Kier alpha value is -0.930. The summed E-state index contributed by atoms with van der Waals surface area (Å²) >= 11 is 0. The summed E-state index contributed by atoms with van der Waals surface area (Å²) < 4.78 is 12.9. The molecule has 1 aliphatic rings. The third kappa shape index (κ3) is 3.58. The van der Waals surface area contributed by atoms with E-state index >= 15 is 0 Å². The van der Waals surface area contributed by atoms with Crippen LogP contribution in [0.25, 0.3) is 0 Å². The van der Waals surface area contributed by atoms with E-state index in [0.29, 0.717) is 18.6 Å². The van der Waals surface area contributed by atoms with Crippen molar-refractivity contribution < 1.29 is 9.18 Å². The number of ketones is 1. The van der Waals surface area contributed by atoms with Gasteiger partial charge in [-0.3, -0.25) is 9.69 Å². The Morgan fingerprint density at radius 2 is 1.94 bits per heavy atom. The van der Waals surface area contributed by atoms with Gasteiger partial charge in [-0.05, 0) is 17.7 Å². The van der Waals surface area contributed by atoms with E-state index in [1.807, 2.05) is 6.07 Å². The SMILES string of the molecule is Cl.O=C1CCN(Cc2cccc(F)c2)CC1. The van der Waals surface area contributed by atoms with Crippen molar-refractivity contribution in [3.8, 4) is 0 Å². The Balaban J connectivity index is 0.00000128. The maximum Gasteiger partial charge on any atom is 0.135 e. The van der Waals surface area contributed by atoms with Crippen LogP contribution in [0.5, 0.6) is 0 Å². The first kappa shape index (κ1) is 13.1. The second kappa shape index (κ2) is 5.97. The van der Waals surface area contributed by atoms with E-state index < -0.39 is 0 Å². The van der Waals surface area contributed by atoms with Crippen molar-refractivity contribution >= 4 is 18.2 Å². The predicted molar refractivity (Wildman–Crippen MR) is 63.2 cm³/mol. The number of carbonyl (C=O) groups is 1. The highest BCUT2D eigenvalue weighted by atomic mass is 35.5. The molecular weight excluding hydrogens is 229 g/mol. The maximum atomic E-state index is 12.9. The molecule has 2 nitrogen and oxygen atoms in total. The molecule has 4 heteroatoms. The highest BCUT2D eigenvalue weighted by Crippen LogP contribution is 2.11. The molecule has 1 heterocycles. The number of hydrogen-bond acceptors (Lipinski definition) is 2. The molecule has 0 bridgehead atoms. The minimum absolute atomic E-state index is 0. The fourth-order valence-corrected chi connectivity index (χ4v) is 1.85. The van der Waals surface area contributed by atoms with Crippen LogP contribution >= 0.6 is 12.4 Å². The second-order valence-electron chi connectivity index (χ2n) is 3.94. The Morgan fingerprint density at radius 1 is 1.25 bits per heavy atom. The zero-order valence-electron chi connectivity index (χ0n) is 8.99. The summed E-state index contributed by atoms with van der Waals surface area (Å²) in [4.78, 5) is 13.2. The lowest BCUT2D eigenvalue weighted by molar-refractivity contribution is -0.121. The number of halogens is 2. The first-order chi connectivity index (χ1) is 7.24. The molecule has 2 rings (SSSR count). The molecule has 88 valence electrons. The number of rotatable bonds is 2. The van der Waals surface area contributed by atoms with Crippen molar-refractivity contribution in [3.63, 3.8) is 0 Å². The number of benzene rings is 1. The highest BCUT2D eigenvalue weighted by molar-refractivity contribution is 5.85. The number of nitrogens with zero attached hydrogens (tertiary/aromatic N) is 1. The van der Waals surface area contributed by atoms with Crippen molar-refractivity contribution in [2.24, 2.45) is 0 Å². The van der Waals surface area contributed by atoms with E-state index in [2.05, 4.69) is 4.90 Å². The van der Waals surface area contributed by atoms with Gasteiger partial charge in [0.1, 0.15) is 11.6 Å². The maximum absolute atomic E-state index is 12.9. The molecule has 1 aliphatic heterocycles. The van der Waals surface area contributed by atoms with Crippen LogP contribution in [0.3, 0.4) is 0 Å². The largest absolute Gasteiger partial charge is 0.300 e. The fourth-order valence-electron chi connectivity index (χ4n) is 1.85. The van der Waals surface area contributed by atoms with Gasteiger partial charge in [-0.15, -0.1) is 12.4 Å². The van der Waals surface area contributed by atoms with Crippen LogP contribution in [-0.4, -0.2) is 23.8 Å². The number of piperidine rings is 1. The zero-order valence-corrected chi connectivity index (χ0v) is 9.80. The van der Waals surface area contributed by atoms with Crippen LogP contribution in [-0.2, 0) is 11.3 Å². The fraction of sp³-hybridized carbons (Fsp3) is 0.417. The number of hydrogen-bond donors (Lipinski definition) is 0. The minimum Gasteiger partial charge on any atom is -0.300 e. The van der Waals surface area contributed by atoms with Crippen LogP contribution in [0.15, 0.2) is 24.3 Å². The molecule has 0 saturated carbocycles. The first-order valence-electron chi connectivity index (χ1n) is 5.22. The molecule has 0 radical (unpaired) electrons. The van der Waals surface area contributed by atoms with Crippen molar-refractivity contribution in [3.05, 3.63) is 35.6 Å². The summed E-state index contributed by atoms with van der Waals surface area (Å²) in [7, 11) is 0. The monoisotopic (exact) mass is 243 g/mol. The smallest absolute Gasteiger partial charge is 0.135 e. The van der Waals surface area contributed by atoms with Gasteiger partial charge in [0.15, 0.2) is 0 Å². The molecular formula is C12H15ClFNO. The average molecular weight is 244 g/mol. The molecule has 0 spiro atoms. The molecule has 1 fully saturated rings. The molecule has 16 heavy (non-hydrogen) atoms. The Morgan fingerprint density at radius 3 is 2.56 bits per heavy atom. The van der Waals surface area contributed by atoms with E-state index in [9.17, 15) is 9.18 Å². The molecule has 0 atom stereocenters. The van der Waals surface area contributed by atoms with Gasteiger partial charge in [0.25, 0.3) is 0 Å². The van der Waals surface area contributed by atoms with Crippen molar-refractivity contribution in [1.29, 1.82) is 0 Å². The van der Waals surface area contributed by atoms with Crippen LogP contribution in [0.2, 0.25) is 0 Å². The Bertz CT molecular complexity index is 360. The summed E-state index contributed by atoms with van der Waals surface area (Å²) in [6.07, 6.45) is 1.27. The molecule has 0 N–H and O–H groups in total. The summed E-state index contributed by atoms with van der Waals surface area (Å²) in [5.74, 6) is 0.145. The number of Topliss-reactive ketones (excluding diaryl/α,β-unsaturated/α-hetero) is 1. The van der Waals surface area contributed by atoms with Crippen LogP contribution in [0.4, 0.5) is 4.39 Å². The van der Waals surface area contributed by atoms with E-state index in [0.717, 1.165) is 25.2 Å². The van der Waals surface area contributed by atoms with E-state index in [1.54, 1.807) is 12.1 Å². The standard InChI is InChI=1S/C12H14FNO.ClH/c13-11-3-1-2-10(8-11)9-14-6-4-12(15)5-7-14;/h1-3,8H,4-7,9H2;1H.